The summed E-state index contributed by atoms with van der Waals surface area (Å²) in [5, 5.41) is 0.545. The van der Waals surface area contributed by atoms with Crippen molar-refractivity contribution in [2.45, 2.75) is 0 Å². The largest absolute Gasteiger partial charge is 0.383 e. The first-order valence-electron chi connectivity index (χ1n) is 5.26. The fourth-order valence-corrected chi connectivity index (χ4v) is 1.70. The molecule has 8 N–H and O–H groups in total. The molecule has 0 aliphatic carbocycles. The Balaban J connectivity index is 2.47. The number of aliphatic imine (C=N–C) groups is 1. The zero-order valence-corrected chi connectivity index (χ0v) is 10.6. The highest BCUT2D eigenvalue weighted by Gasteiger charge is 2.12. The van der Waals surface area contributed by atoms with Gasteiger partial charge in [0.25, 0.3) is 0 Å². The maximum absolute atomic E-state index is 5.86. The molecule has 0 saturated heterocycles. The van der Waals surface area contributed by atoms with E-state index >= 15 is 0 Å². The Morgan fingerprint density at radius 2 is 1.74 bits per heavy atom. The van der Waals surface area contributed by atoms with Crippen LogP contribution < -0.4 is 22.9 Å². The predicted octanol–water partition coefficient (Wildman–Crippen LogP) is 0.914. The number of amidine groups is 1. The van der Waals surface area contributed by atoms with Crippen LogP contribution in [0, 0.1) is 0 Å². The average molecular weight is 278 g/mol. The third-order valence-electron chi connectivity index (χ3n) is 2.30. The molecular formula is C11H12ClN7. The molecule has 0 fully saturated rings. The summed E-state index contributed by atoms with van der Waals surface area (Å²) >= 11 is 5.86. The van der Waals surface area contributed by atoms with E-state index in [9.17, 15) is 0 Å². The number of nitrogens with two attached hydrogens (primary N) is 4. The molecule has 1 aromatic heterocycles. The molecule has 1 aromatic carbocycles. The zero-order valence-electron chi connectivity index (χ0n) is 9.84. The molecule has 0 atom stereocenters. The number of nitrogens with zero attached hydrogens (tertiary/aromatic N) is 3. The topological polar surface area (TPSA) is 142 Å². The van der Waals surface area contributed by atoms with Gasteiger partial charge in [0.15, 0.2) is 0 Å². The quantitative estimate of drug-likeness (QED) is 0.475. The molecule has 0 radical (unpaired) electrons. The Labute approximate surface area is 114 Å². The Morgan fingerprint density at radius 1 is 1.11 bits per heavy atom. The predicted molar refractivity (Wildman–Crippen MR) is 77.1 cm³/mol. The molecule has 2 aromatic rings. The second kappa shape index (κ2) is 4.99. The van der Waals surface area contributed by atoms with Crippen LogP contribution in [0.25, 0.3) is 0 Å². The van der Waals surface area contributed by atoms with Gasteiger partial charge in [-0.1, -0.05) is 17.7 Å². The summed E-state index contributed by atoms with van der Waals surface area (Å²) in [4.78, 5) is 11.8. The van der Waals surface area contributed by atoms with Crippen molar-refractivity contribution in [3.05, 3.63) is 34.9 Å². The van der Waals surface area contributed by atoms with Crippen LogP contribution in [-0.4, -0.2) is 15.8 Å². The van der Waals surface area contributed by atoms with Crippen molar-refractivity contribution in [3.8, 4) is 0 Å². The smallest absolute Gasteiger partial charge is 0.223 e. The number of halogens is 1. The van der Waals surface area contributed by atoms with Gasteiger partial charge in [-0.15, -0.1) is 0 Å². The van der Waals surface area contributed by atoms with E-state index < -0.39 is 0 Å². The van der Waals surface area contributed by atoms with Crippen molar-refractivity contribution in [3.63, 3.8) is 0 Å². The summed E-state index contributed by atoms with van der Waals surface area (Å²) in [7, 11) is 0. The van der Waals surface area contributed by atoms with E-state index in [2.05, 4.69) is 15.0 Å². The highest BCUT2D eigenvalue weighted by molar-refractivity contribution is 6.30. The summed E-state index contributed by atoms with van der Waals surface area (Å²) in [5.41, 5.74) is 23.5. The van der Waals surface area contributed by atoms with E-state index in [1.54, 1.807) is 24.3 Å². The number of nitrogen functional groups attached to an aromatic ring is 3. The van der Waals surface area contributed by atoms with Gasteiger partial charge < -0.3 is 22.9 Å². The molecule has 7 nitrogen and oxygen atoms in total. The lowest BCUT2D eigenvalue weighted by atomic mass is 10.2. The number of hydrogen-bond acceptors (Lipinski definition) is 6. The lowest BCUT2D eigenvalue weighted by Crippen LogP contribution is -2.20. The van der Waals surface area contributed by atoms with Crippen molar-refractivity contribution in [2.75, 3.05) is 17.2 Å². The Kier molecular flexibility index (Phi) is 3.39. The standard InChI is InChI=1S/C11H12ClN7/c12-5-2-1-3-6(4-5)17-8(13)7-9(14)18-11(16)19-10(7)15/h1-4H,(H2,13,17)(H6,14,15,16,18,19). The number of rotatable bonds is 2. The van der Waals surface area contributed by atoms with Crippen molar-refractivity contribution in [1.29, 1.82) is 0 Å². The molecule has 0 saturated carbocycles. The molecule has 0 aliphatic heterocycles. The van der Waals surface area contributed by atoms with Gasteiger partial charge >= 0.3 is 0 Å². The Hall–Kier alpha value is -2.54. The molecule has 1 heterocycles. The van der Waals surface area contributed by atoms with E-state index in [1.807, 2.05) is 0 Å². The molecule has 8 heteroatoms. The Morgan fingerprint density at radius 3 is 2.32 bits per heavy atom. The number of anilines is 3. The zero-order chi connectivity index (χ0) is 14.0. The van der Waals surface area contributed by atoms with E-state index in [1.165, 1.54) is 0 Å². The maximum Gasteiger partial charge on any atom is 0.223 e. The van der Waals surface area contributed by atoms with Crippen molar-refractivity contribution < 1.29 is 0 Å². The van der Waals surface area contributed by atoms with Crippen LogP contribution in [0.5, 0.6) is 0 Å². The molecule has 0 aliphatic rings. The lowest BCUT2D eigenvalue weighted by molar-refractivity contribution is 1.19. The molecule has 0 unspecified atom stereocenters. The minimum atomic E-state index is -0.0192. The minimum absolute atomic E-state index is 0.0192. The fourth-order valence-electron chi connectivity index (χ4n) is 1.52. The Bertz CT molecular complexity index is 630. The number of aromatic nitrogens is 2. The molecule has 2 rings (SSSR count). The molecule has 19 heavy (non-hydrogen) atoms. The van der Waals surface area contributed by atoms with Crippen LogP contribution in [-0.2, 0) is 0 Å². The van der Waals surface area contributed by atoms with Crippen LogP contribution in [0.4, 0.5) is 23.3 Å². The van der Waals surface area contributed by atoms with Crippen molar-refractivity contribution in [1.82, 2.24) is 9.97 Å². The third kappa shape index (κ3) is 2.83. The van der Waals surface area contributed by atoms with E-state index in [0.717, 1.165) is 0 Å². The molecule has 98 valence electrons. The van der Waals surface area contributed by atoms with Gasteiger partial charge in [0.2, 0.25) is 5.95 Å². The summed E-state index contributed by atoms with van der Waals surface area (Å²) in [6.07, 6.45) is 0. The summed E-state index contributed by atoms with van der Waals surface area (Å²) in [6, 6.07) is 6.87. The SMILES string of the molecule is NC(=Nc1cccc(Cl)c1)c1c(N)nc(N)nc1N. The first kappa shape index (κ1) is 12.9. The molecule has 0 amide bonds. The molecule has 0 bridgehead atoms. The van der Waals surface area contributed by atoms with Crippen LogP contribution in [0.2, 0.25) is 5.02 Å². The van der Waals surface area contributed by atoms with Gasteiger partial charge in [-0.25, -0.2) is 4.99 Å². The second-order valence-electron chi connectivity index (χ2n) is 3.70. The highest BCUT2D eigenvalue weighted by Crippen LogP contribution is 2.21. The van der Waals surface area contributed by atoms with Crippen molar-refractivity contribution in [2.24, 2.45) is 10.7 Å². The van der Waals surface area contributed by atoms with Crippen molar-refractivity contribution >= 4 is 40.7 Å². The summed E-state index contributed by atoms with van der Waals surface area (Å²) in [5.74, 6) is 0.230. The monoisotopic (exact) mass is 277 g/mol. The summed E-state index contributed by atoms with van der Waals surface area (Å²) < 4.78 is 0. The van der Waals surface area contributed by atoms with Gasteiger partial charge in [-0.2, -0.15) is 9.97 Å². The number of hydrogen-bond donors (Lipinski definition) is 4. The van der Waals surface area contributed by atoms with Gasteiger partial charge in [-0.05, 0) is 18.2 Å². The van der Waals surface area contributed by atoms with Gasteiger partial charge in [0.05, 0.1) is 5.69 Å². The van der Waals surface area contributed by atoms with Gasteiger partial charge in [-0.3, -0.25) is 0 Å². The summed E-state index contributed by atoms with van der Waals surface area (Å²) in [6.45, 7) is 0. The van der Waals surface area contributed by atoms with Crippen LogP contribution >= 0.6 is 11.6 Å². The van der Waals surface area contributed by atoms with Crippen LogP contribution in [0.3, 0.4) is 0 Å². The van der Waals surface area contributed by atoms with Gasteiger partial charge in [0, 0.05) is 5.02 Å². The van der Waals surface area contributed by atoms with Crippen LogP contribution in [0.15, 0.2) is 29.3 Å². The van der Waals surface area contributed by atoms with Crippen LogP contribution in [0.1, 0.15) is 5.56 Å². The van der Waals surface area contributed by atoms with E-state index in [4.69, 9.17) is 34.5 Å². The molecular weight excluding hydrogens is 266 g/mol. The minimum Gasteiger partial charge on any atom is -0.383 e. The molecule has 0 spiro atoms. The maximum atomic E-state index is 5.86. The van der Waals surface area contributed by atoms with E-state index in [-0.39, 0.29) is 29.0 Å². The van der Waals surface area contributed by atoms with Gasteiger partial charge in [0.1, 0.15) is 23.0 Å². The third-order valence-corrected chi connectivity index (χ3v) is 2.53. The second-order valence-corrected chi connectivity index (χ2v) is 4.14. The van der Waals surface area contributed by atoms with E-state index in [0.29, 0.717) is 10.7 Å². The fraction of sp³-hybridized carbons (Fsp3) is 0. The average Bonchev–Trinajstić information content (AvgIpc) is 2.27. The highest BCUT2D eigenvalue weighted by atomic mass is 35.5. The first-order chi connectivity index (χ1) is 8.97. The number of benzene rings is 1. The normalized spacial score (nSPS) is 11.5. The lowest BCUT2D eigenvalue weighted by Gasteiger charge is -2.08. The first-order valence-corrected chi connectivity index (χ1v) is 5.63.